The molecular weight excluding hydrogens is 588 g/mol. The topological polar surface area (TPSA) is 88.3 Å². The molecule has 4 saturated heterocycles. The van der Waals surface area contributed by atoms with Gasteiger partial charge in [-0.3, -0.25) is 14.1 Å². The van der Waals surface area contributed by atoms with Crippen LogP contribution in [0.4, 0.5) is 5.82 Å². The molecular formula is C34H42ClN8O2+. The van der Waals surface area contributed by atoms with Crippen molar-refractivity contribution in [3.05, 3.63) is 85.8 Å². The predicted molar refractivity (Wildman–Crippen MR) is 174 cm³/mol. The Hall–Kier alpha value is -2.89. The number of rotatable bonds is 5. The standard InChI is InChI=1S/C34H42ClN8O2/c35-30-9-10-31(38-37-30)43(20-25-7-8-26(21-43)36-25)34-24-17-40(19-27(34)29-4-2-6-33(45)42(29)18-24)12-11-39-14-22-13-23(16-39)28-3-1-5-32(44)41(28)15-22/h1-6,9-10,22-27,34,36H,7-8,11-21H2/q+1. The van der Waals surface area contributed by atoms with Crippen molar-refractivity contribution in [1.82, 2.24) is 38.9 Å². The third kappa shape index (κ3) is 4.75. The molecule has 10 nitrogen and oxygen atoms in total. The number of nitrogens with one attached hydrogen (secondary N) is 1. The molecule has 0 amide bonds. The van der Waals surface area contributed by atoms with Gasteiger partial charge in [-0.25, -0.2) is 0 Å². The van der Waals surface area contributed by atoms with Gasteiger partial charge in [-0.05, 0) is 43.4 Å². The van der Waals surface area contributed by atoms with E-state index in [9.17, 15) is 9.59 Å². The van der Waals surface area contributed by atoms with Crippen LogP contribution in [0.1, 0.15) is 42.5 Å². The van der Waals surface area contributed by atoms with E-state index in [0.29, 0.717) is 41.0 Å². The Morgan fingerprint density at radius 2 is 1.49 bits per heavy atom. The first kappa shape index (κ1) is 28.3. The van der Waals surface area contributed by atoms with Crippen LogP contribution in [-0.4, -0.2) is 99.6 Å². The van der Waals surface area contributed by atoms with Gasteiger partial charge in [0.05, 0.1) is 18.0 Å². The molecule has 3 aromatic heterocycles. The summed E-state index contributed by atoms with van der Waals surface area (Å²) in [5.74, 6) is 2.54. The maximum atomic E-state index is 13.2. The Morgan fingerprint density at radius 1 is 0.778 bits per heavy atom. The van der Waals surface area contributed by atoms with E-state index in [0.717, 1.165) is 75.7 Å². The zero-order valence-electron chi connectivity index (χ0n) is 25.7. The van der Waals surface area contributed by atoms with Crippen LogP contribution in [0.15, 0.2) is 58.1 Å². The first-order chi connectivity index (χ1) is 21.9. The summed E-state index contributed by atoms with van der Waals surface area (Å²) < 4.78 is 4.91. The van der Waals surface area contributed by atoms with Crippen LogP contribution in [0.2, 0.25) is 5.15 Å². The van der Waals surface area contributed by atoms with Crippen LogP contribution in [0.5, 0.6) is 0 Å². The van der Waals surface area contributed by atoms with Crippen molar-refractivity contribution < 1.29 is 0 Å². The second-order valence-corrected chi connectivity index (χ2v) is 15.1. The van der Waals surface area contributed by atoms with Crippen molar-refractivity contribution in [3.63, 3.8) is 0 Å². The minimum atomic E-state index is 0.117. The monoisotopic (exact) mass is 629 g/mol. The van der Waals surface area contributed by atoms with Crippen LogP contribution in [0, 0.1) is 11.8 Å². The molecule has 0 radical (unpaired) electrons. The number of aromatic nitrogens is 4. The zero-order chi connectivity index (χ0) is 30.3. The number of hydrogen-bond donors (Lipinski definition) is 1. The van der Waals surface area contributed by atoms with Gasteiger partial charge >= 0.3 is 0 Å². The lowest BCUT2D eigenvalue weighted by atomic mass is 9.75. The molecule has 1 N–H and O–H groups in total. The SMILES string of the molecule is O=c1cccc2n1CC1CC2CN(CCN2CC3Cn4c(cccc4=O)C(C2)C3[N+]2(c3ccc(Cl)nn3)CC3CCC(C2)N3)C1. The largest absolute Gasteiger partial charge is 0.312 e. The van der Waals surface area contributed by atoms with E-state index in [-0.39, 0.29) is 17.0 Å². The highest BCUT2D eigenvalue weighted by atomic mass is 35.5. The lowest BCUT2D eigenvalue weighted by Gasteiger charge is -2.57. The minimum Gasteiger partial charge on any atom is -0.312 e. The number of pyridine rings is 2. The van der Waals surface area contributed by atoms with E-state index in [4.69, 9.17) is 16.7 Å². The van der Waals surface area contributed by atoms with Gasteiger partial charge in [0.2, 0.25) is 5.82 Å². The molecule has 0 aromatic carbocycles. The number of hydrogen-bond acceptors (Lipinski definition) is 7. The normalized spacial score (nSPS) is 35.5. The Morgan fingerprint density at radius 3 is 2.22 bits per heavy atom. The number of halogens is 1. The van der Waals surface area contributed by atoms with Crippen molar-refractivity contribution in [1.29, 1.82) is 0 Å². The molecule has 4 fully saturated rings. The highest BCUT2D eigenvalue weighted by Crippen LogP contribution is 2.46. The van der Waals surface area contributed by atoms with Gasteiger partial charge in [-0.15, -0.1) is 5.10 Å². The highest BCUT2D eigenvalue weighted by molar-refractivity contribution is 6.29. The average Bonchev–Trinajstić information content (AvgIpc) is 3.38. The third-order valence-corrected chi connectivity index (χ3v) is 12.3. The van der Waals surface area contributed by atoms with Gasteiger partial charge in [0.25, 0.3) is 11.1 Å². The summed E-state index contributed by atoms with van der Waals surface area (Å²) in [6, 6.07) is 16.9. The molecule has 6 bridgehead atoms. The first-order valence-corrected chi connectivity index (χ1v) is 17.3. The zero-order valence-corrected chi connectivity index (χ0v) is 26.4. The summed E-state index contributed by atoms with van der Waals surface area (Å²) in [4.78, 5) is 31.0. The summed E-state index contributed by atoms with van der Waals surface area (Å²) in [7, 11) is 0. The second kappa shape index (κ2) is 10.8. The molecule has 0 saturated carbocycles. The molecule has 11 heteroatoms. The molecule has 6 aliphatic rings. The second-order valence-electron chi connectivity index (χ2n) is 14.7. The number of nitrogens with zero attached hydrogens (tertiary/aromatic N) is 7. The smallest absolute Gasteiger partial charge is 0.250 e. The molecule has 3 aromatic rings. The highest BCUT2D eigenvalue weighted by Gasteiger charge is 2.59. The number of likely N-dealkylation sites (tertiary alicyclic amines) is 3. The van der Waals surface area contributed by atoms with Gasteiger partial charge < -0.3 is 24.3 Å². The van der Waals surface area contributed by atoms with Crippen LogP contribution in [0.3, 0.4) is 0 Å². The molecule has 0 spiro atoms. The van der Waals surface area contributed by atoms with Crippen LogP contribution < -0.4 is 20.9 Å². The molecule has 7 atom stereocenters. The number of piperazine rings is 1. The van der Waals surface area contributed by atoms with E-state index in [1.54, 1.807) is 12.1 Å². The number of quaternary nitrogens is 1. The Kier molecular flexibility index (Phi) is 6.83. The summed E-state index contributed by atoms with van der Waals surface area (Å²) >= 11 is 6.26. The van der Waals surface area contributed by atoms with Gasteiger partial charge in [0.1, 0.15) is 19.1 Å². The molecule has 9 rings (SSSR count). The molecule has 236 valence electrons. The van der Waals surface area contributed by atoms with Crippen LogP contribution in [0.25, 0.3) is 0 Å². The Bertz CT molecular complexity index is 1710. The molecule has 9 heterocycles. The predicted octanol–water partition coefficient (Wildman–Crippen LogP) is 2.11. The third-order valence-electron chi connectivity index (χ3n) is 12.1. The maximum absolute atomic E-state index is 13.2. The number of piperidine rings is 2. The van der Waals surface area contributed by atoms with Crippen molar-refractivity contribution >= 4 is 17.4 Å². The molecule has 0 aliphatic carbocycles. The van der Waals surface area contributed by atoms with Gasteiger partial charge in [-0.2, -0.15) is 0 Å². The van der Waals surface area contributed by atoms with Crippen molar-refractivity contribution in [2.24, 2.45) is 11.8 Å². The quantitative estimate of drug-likeness (QED) is 0.433. The Balaban J connectivity index is 1.01. The van der Waals surface area contributed by atoms with E-state index in [1.807, 2.05) is 22.8 Å². The first-order valence-electron chi connectivity index (χ1n) is 16.9. The van der Waals surface area contributed by atoms with Crippen molar-refractivity contribution in [3.8, 4) is 0 Å². The van der Waals surface area contributed by atoms with Crippen molar-refractivity contribution in [2.75, 3.05) is 52.4 Å². The fraction of sp³-hybridized carbons (Fsp3) is 0.588. The molecule has 7 unspecified atom stereocenters. The summed E-state index contributed by atoms with van der Waals surface area (Å²) in [6.07, 6.45) is 3.59. The number of fused-ring (bicyclic) bond motifs is 10. The summed E-state index contributed by atoms with van der Waals surface area (Å²) in [5.41, 5.74) is 2.65. The van der Waals surface area contributed by atoms with Crippen molar-refractivity contribution in [2.45, 2.75) is 62.3 Å². The lowest BCUT2D eigenvalue weighted by molar-refractivity contribution is -0.00508. The van der Waals surface area contributed by atoms with E-state index < -0.39 is 0 Å². The van der Waals surface area contributed by atoms with E-state index in [1.165, 1.54) is 30.7 Å². The molecule has 6 aliphatic heterocycles. The Labute approximate surface area is 268 Å². The van der Waals surface area contributed by atoms with Gasteiger partial charge in [-0.1, -0.05) is 28.8 Å². The fourth-order valence-corrected chi connectivity index (χ4v) is 10.6. The van der Waals surface area contributed by atoms with E-state index >= 15 is 0 Å². The fourth-order valence-electron chi connectivity index (χ4n) is 10.5. The molecule has 45 heavy (non-hydrogen) atoms. The summed E-state index contributed by atoms with van der Waals surface area (Å²) in [6.45, 7) is 9.64. The lowest BCUT2D eigenvalue weighted by Crippen LogP contribution is -2.75. The van der Waals surface area contributed by atoms with Gasteiger partial charge in [0, 0.05) is 93.8 Å². The van der Waals surface area contributed by atoms with E-state index in [2.05, 4.69) is 43.0 Å². The van der Waals surface area contributed by atoms with Gasteiger partial charge in [0.15, 0.2) is 5.15 Å². The summed E-state index contributed by atoms with van der Waals surface area (Å²) in [5, 5.41) is 13.4. The average molecular weight is 630 g/mol. The minimum absolute atomic E-state index is 0.117. The van der Waals surface area contributed by atoms with Crippen LogP contribution in [-0.2, 0) is 13.1 Å². The maximum Gasteiger partial charge on any atom is 0.250 e. The van der Waals surface area contributed by atoms with Crippen LogP contribution >= 0.6 is 11.6 Å².